The molecule has 1 heterocycles. The topological polar surface area (TPSA) is 12.9 Å². The second kappa shape index (κ2) is 6.36. The summed E-state index contributed by atoms with van der Waals surface area (Å²) in [6.07, 6.45) is 5.48. The zero-order valence-electron chi connectivity index (χ0n) is 11.8. The highest BCUT2D eigenvalue weighted by molar-refractivity contribution is 7.99. The number of hydrogen-bond donors (Lipinski definition) is 0. The third-order valence-corrected chi connectivity index (χ3v) is 5.82. The van der Waals surface area contributed by atoms with Gasteiger partial charge >= 0.3 is 0 Å². The molecule has 3 heteroatoms. The molecule has 2 atom stereocenters. The maximum absolute atomic E-state index is 6.33. The molecule has 1 aliphatic carbocycles. The highest BCUT2D eigenvalue weighted by Gasteiger charge is 2.19. The van der Waals surface area contributed by atoms with Crippen LogP contribution in [0, 0.1) is 5.92 Å². The maximum Gasteiger partial charge on any atom is 0.133 e. The Balaban J connectivity index is 1.72. The van der Waals surface area contributed by atoms with Gasteiger partial charge in [-0.25, -0.2) is 4.98 Å². The van der Waals surface area contributed by atoms with E-state index in [-0.39, 0.29) is 0 Å². The summed E-state index contributed by atoms with van der Waals surface area (Å²) in [5.41, 5.74) is 2.16. The molecule has 1 aliphatic rings. The fraction of sp³-hybridized carbons (Fsp3) is 0.471. The van der Waals surface area contributed by atoms with Crippen molar-refractivity contribution in [1.29, 1.82) is 0 Å². The Hall–Kier alpha value is -0.730. The Morgan fingerprint density at radius 3 is 3.00 bits per heavy atom. The molecule has 2 unspecified atom stereocenters. The summed E-state index contributed by atoms with van der Waals surface area (Å²) in [7, 11) is 0. The van der Waals surface area contributed by atoms with Gasteiger partial charge in [0.15, 0.2) is 0 Å². The third kappa shape index (κ3) is 3.29. The summed E-state index contributed by atoms with van der Waals surface area (Å²) in [5.74, 6) is 1.86. The minimum Gasteiger partial charge on any atom is -0.236 e. The van der Waals surface area contributed by atoms with Gasteiger partial charge in [-0.15, -0.1) is 0 Å². The number of aromatic nitrogens is 1. The van der Waals surface area contributed by atoms with E-state index in [2.05, 4.69) is 41.9 Å². The van der Waals surface area contributed by atoms with Crippen LogP contribution in [0.5, 0.6) is 0 Å². The van der Waals surface area contributed by atoms with E-state index in [1.165, 1.54) is 36.6 Å². The van der Waals surface area contributed by atoms with Crippen molar-refractivity contribution in [3.8, 4) is 0 Å². The fourth-order valence-electron chi connectivity index (χ4n) is 2.97. The van der Waals surface area contributed by atoms with Crippen LogP contribution < -0.4 is 0 Å². The van der Waals surface area contributed by atoms with Crippen LogP contribution in [0.25, 0.3) is 10.9 Å². The number of nitrogens with zero attached hydrogens (tertiary/aromatic N) is 1. The Bertz CT molecular complexity index is 599. The first-order chi connectivity index (χ1) is 9.72. The Kier molecular flexibility index (Phi) is 4.52. The van der Waals surface area contributed by atoms with Gasteiger partial charge in [-0.1, -0.05) is 49.6 Å². The first-order valence-corrected chi connectivity index (χ1v) is 8.81. The van der Waals surface area contributed by atoms with E-state index in [0.29, 0.717) is 5.15 Å². The van der Waals surface area contributed by atoms with E-state index in [0.717, 1.165) is 22.4 Å². The standard InChI is InChI=1S/C17H20ClNS/c1-12-5-4-7-15(9-12)20-11-14-10-13-6-2-3-8-16(13)19-17(14)18/h2-3,6,8,10,12,15H,4-5,7,9,11H2,1H3. The van der Waals surface area contributed by atoms with Gasteiger partial charge in [-0.3, -0.25) is 0 Å². The van der Waals surface area contributed by atoms with Crippen molar-refractivity contribution >= 4 is 34.3 Å². The Morgan fingerprint density at radius 1 is 1.30 bits per heavy atom. The summed E-state index contributed by atoms with van der Waals surface area (Å²) >= 11 is 8.38. The van der Waals surface area contributed by atoms with E-state index >= 15 is 0 Å². The smallest absolute Gasteiger partial charge is 0.133 e. The SMILES string of the molecule is CC1CCCC(SCc2cc3ccccc3nc2Cl)C1. The molecule has 0 bridgehead atoms. The number of pyridine rings is 1. The van der Waals surface area contributed by atoms with Crippen LogP contribution in [0.3, 0.4) is 0 Å². The number of para-hydroxylation sites is 1. The maximum atomic E-state index is 6.33. The molecule has 0 N–H and O–H groups in total. The molecular weight excluding hydrogens is 286 g/mol. The van der Waals surface area contributed by atoms with Crippen LogP contribution in [0.4, 0.5) is 0 Å². The molecule has 0 radical (unpaired) electrons. The molecule has 0 spiro atoms. The monoisotopic (exact) mass is 305 g/mol. The molecule has 0 aliphatic heterocycles. The van der Waals surface area contributed by atoms with Crippen molar-refractivity contribution < 1.29 is 0 Å². The van der Waals surface area contributed by atoms with Crippen molar-refractivity contribution in [2.24, 2.45) is 5.92 Å². The second-order valence-electron chi connectivity index (χ2n) is 5.84. The average Bonchev–Trinajstić information content (AvgIpc) is 2.45. The van der Waals surface area contributed by atoms with E-state index in [1.807, 2.05) is 12.1 Å². The van der Waals surface area contributed by atoms with Gasteiger partial charge < -0.3 is 0 Å². The van der Waals surface area contributed by atoms with Gasteiger partial charge in [0.2, 0.25) is 0 Å². The number of benzene rings is 1. The van der Waals surface area contributed by atoms with Gasteiger partial charge in [0.25, 0.3) is 0 Å². The van der Waals surface area contributed by atoms with Crippen LogP contribution in [-0.2, 0) is 5.75 Å². The van der Waals surface area contributed by atoms with Crippen molar-refractivity contribution in [1.82, 2.24) is 4.98 Å². The lowest BCUT2D eigenvalue weighted by Gasteiger charge is -2.26. The molecule has 2 aromatic rings. The van der Waals surface area contributed by atoms with E-state index in [4.69, 9.17) is 11.6 Å². The summed E-state index contributed by atoms with van der Waals surface area (Å²) in [4.78, 5) is 4.51. The molecule has 1 fully saturated rings. The van der Waals surface area contributed by atoms with Gasteiger partial charge in [-0.05, 0) is 30.9 Å². The van der Waals surface area contributed by atoms with E-state index in [1.54, 1.807) is 0 Å². The molecule has 0 saturated heterocycles. The van der Waals surface area contributed by atoms with Gasteiger partial charge in [0, 0.05) is 22.0 Å². The summed E-state index contributed by atoms with van der Waals surface area (Å²) < 4.78 is 0. The Labute approximate surface area is 130 Å². The number of hydrogen-bond acceptors (Lipinski definition) is 2. The predicted molar refractivity (Wildman–Crippen MR) is 89.5 cm³/mol. The highest BCUT2D eigenvalue weighted by Crippen LogP contribution is 2.35. The molecule has 1 nitrogen and oxygen atoms in total. The van der Waals surface area contributed by atoms with Crippen molar-refractivity contribution in [2.45, 2.75) is 43.6 Å². The lowest BCUT2D eigenvalue weighted by molar-refractivity contribution is 0.394. The normalized spacial score (nSPS) is 23.1. The summed E-state index contributed by atoms with van der Waals surface area (Å²) in [6.45, 7) is 2.37. The quantitative estimate of drug-likeness (QED) is 0.675. The third-order valence-electron chi connectivity index (χ3n) is 4.11. The average molecular weight is 306 g/mol. The highest BCUT2D eigenvalue weighted by atomic mass is 35.5. The zero-order chi connectivity index (χ0) is 13.9. The zero-order valence-corrected chi connectivity index (χ0v) is 13.4. The minimum absolute atomic E-state index is 0.667. The first kappa shape index (κ1) is 14.2. The molecule has 20 heavy (non-hydrogen) atoms. The molecule has 1 saturated carbocycles. The lowest BCUT2D eigenvalue weighted by atomic mass is 9.91. The number of halogens is 1. The van der Waals surface area contributed by atoms with Gasteiger partial charge in [0.1, 0.15) is 5.15 Å². The first-order valence-electron chi connectivity index (χ1n) is 7.38. The van der Waals surface area contributed by atoms with Crippen LogP contribution in [0.15, 0.2) is 30.3 Å². The molecule has 0 amide bonds. The van der Waals surface area contributed by atoms with Gasteiger partial charge in [0.05, 0.1) is 5.52 Å². The molecular formula is C17H20ClNS. The van der Waals surface area contributed by atoms with Crippen LogP contribution in [0.1, 0.15) is 38.2 Å². The van der Waals surface area contributed by atoms with Crippen LogP contribution >= 0.6 is 23.4 Å². The molecule has 1 aromatic carbocycles. The number of thioether (sulfide) groups is 1. The van der Waals surface area contributed by atoms with Crippen molar-refractivity contribution in [3.63, 3.8) is 0 Å². The van der Waals surface area contributed by atoms with Gasteiger partial charge in [-0.2, -0.15) is 11.8 Å². The van der Waals surface area contributed by atoms with E-state index < -0.39 is 0 Å². The fourth-order valence-corrected chi connectivity index (χ4v) is 4.70. The largest absolute Gasteiger partial charge is 0.236 e. The predicted octanol–water partition coefficient (Wildman–Crippen LogP) is 5.70. The molecule has 106 valence electrons. The Morgan fingerprint density at radius 2 is 2.15 bits per heavy atom. The minimum atomic E-state index is 0.667. The van der Waals surface area contributed by atoms with Crippen molar-refractivity contribution in [2.75, 3.05) is 0 Å². The lowest BCUT2D eigenvalue weighted by Crippen LogP contribution is -2.15. The number of fused-ring (bicyclic) bond motifs is 1. The van der Waals surface area contributed by atoms with E-state index in [9.17, 15) is 0 Å². The number of rotatable bonds is 3. The van der Waals surface area contributed by atoms with Crippen LogP contribution in [0.2, 0.25) is 5.15 Å². The summed E-state index contributed by atoms with van der Waals surface area (Å²) in [6, 6.07) is 10.4. The molecule has 3 rings (SSSR count). The summed E-state index contributed by atoms with van der Waals surface area (Å²) in [5, 5.41) is 2.64. The molecule has 1 aromatic heterocycles. The van der Waals surface area contributed by atoms with Crippen molar-refractivity contribution in [3.05, 3.63) is 41.0 Å². The second-order valence-corrected chi connectivity index (χ2v) is 7.48. The van der Waals surface area contributed by atoms with Crippen LogP contribution in [-0.4, -0.2) is 10.2 Å².